The first-order valence-electron chi connectivity index (χ1n) is 18.8. The molecule has 0 radical (unpaired) electrons. The number of nitrogens with one attached hydrogen (secondary N) is 1. The van der Waals surface area contributed by atoms with Crippen LogP contribution in [-0.4, -0.2) is 40.4 Å². The maximum absolute atomic E-state index is 15.5. The van der Waals surface area contributed by atoms with Gasteiger partial charge in [0.25, 0.3) is 11.4 Å². The van der Waals surface area contributed by atoms with Gasteiger partial charge in [-0.15, -0.1) is 0 Å². The Morgan fingerprint density at radius 2 is 1.72 bits per heavy atom. The van der Waals surface area contributed by atoms with Crippen molar-refractivity contribution >= 4 is 29.1 Å². The second kappa shape index (κ2) is 13.6. The van der Waals surface area contributed by atoms with Crippen LogP contribution in [0.1, 0.15) is 95.4 Å². The van der Waals surface area contributed by atoms with E-state index in [0.29, 0.717) is 29.4 Å². The third-order valence-corrected chi connectivity index (χ3v) is 12.1. The van der Waals surface area contributed by atoms with E-state index in [1.807, 2.05) is 19.9 Å². The van der Waals surface area contributed by atoms with Gasteiger partial charge in [-0.3, -0.25) is 19.7 Å². The fourth-order valence-corrected chi connectivity index (χ4v) is 8.81. The summed E-state index contributed by atoms with van der Waals surface area (Å²) in [7, 11) is 0. The number of anilines is 2. The molecule has 4 aliphatic rings. The number of fused-ring (bicyclic) bond motifs is 1. The predicted octanol–water partition coefficient (Wildman–Crippen LogP) is 8.26. The molecule has 53 heavy (non-hydrogen) atoms. The first kappa shape index (κ1) is 34.8. The summed E-state index contributed by atoms with van der Waals surface area (Å²) in [4.78, 5) is 45.2. The zero-order valence-electron chi connectivity index (χ0n) is 30.5. The van der Waals surface area contributed by atoms with Gasteiger partial charge >= 0.3 is 0 Å². The summed E-state index contributed by atoms with van der Waals surface area (Å²) in [6.07, 6.45) is 6.86. The molecule has 3 amide bonds. The Labute approximate surface area is 309 Å². The molecule has 0 bridgehead atoms. The number of benzene rings is 3. The molecule has 4 aromatic rings. The number of hydrogen-bond acceptors (Lipinski definition) is 6. The van der Waals surface area contributed by atoms with E-state index in [0.717, 1.165) is 90.2 Å². The van der Waals surface area contributed by atoms with Crippen LogP contribution < -0.4 is 10.2 Å². The maximum Gasteiger partial charge on any atom is 0.258 e. The van der Waals surface area contributed by atoms with Crippen molar-refractivity contribution in [1.29, 1.82) is 0 Å². The van der Waals surface area contributed by atoms with Crippen molar-refractivity contribution in [2.45, 2.75) is 96.7 Å². The molecule has 0 spiro atoms. The molecular formula is C43H44FN5O4. The average Bonchev–Trinajstić information content (AvgIpc) is 3.80. The summed E-state index contributed by atoms with van der Waals surface area (Å²) in [5.74, 6) is 0.00791. The molecule has 10 heteroatoms. The van der Waals surface area contributed by atoms with E-state index in [2.05, 4.69) is 69.6 Å². The van der Waals surface area contributed by atoms with Crippen molar-refractivity contribution in [3.63, 3.8) is 0 Å². The lowest BCUT2D eigenvalue weighted by molar-refractivity contribution is -0.136. The van der Waals surface area contributed by atoms with Crippen molar-refractivity contribution in [3.05, 3.63) is 111 Å². The molecule has 1 atom stereocenters. The highest BCUT2D eigenvalue weighted by Crippen LogP contribution is 2.50. The molecule has 3 heterocycles. The monoisotopic (exact) mass is 713 g/mol. The Kier molecular flexibility index (Phi) is 8.92. The number of carbonyl (C=O) groups excluding carboxylic acids is 3. The van der Waals surface area contributed by atoms with Crippen LogP contribution in [0.3, 0.4) is 0 Å². The number of piperidine rings is 1. The van der Waals surface area contributed by atoms with Crippen LogP contribution in [0.2, 0.25) is 0 Å². The van der Waals surface area contributed by atoms with Gasteiger partial charge in [0.2, 0.25) is 11.8 Å². The van der Waals surface area contributed by atoms with Crippen molar-refractivity contribution in [2.24, 2.45) is 11.8 Å². The van der Waals surface area contributed by atoms with Gasteiger partial charge in [-0.05, 0) is 130 Å². The smallest absolute Gasteiger partial charge is 0.258 e. The highest BCUT2D eigenvalue weighted by atomic mass is 19.1. The van der Waals surface area contributed by atoms with Crippen LogP contribution in [0.15, 0.2) is 59.1 Å². The van der Waals surface area contributed by atoms with Crippen molar-refractivity contribution < 1.29 is 23.3 Å². The van der Waals surface area contributed by atoms with Gasteiger partial charge < -0.3 is 19.2 Å². The van der Waals surface area contributed by atoms with Crippen LogP contribution in [0.25, 0.3) is 16.0 Å². The van der Waals surface area contributed by atoms with Gasteiger partial charge in [-0.2, -0.15) is 0 Å². The molecule has 1 aromatic heterocycles. The topological polar surface area (TPSA) is 100 Å². The minimum Gasteiger partial charge on any atom is -0.361 e. The average molecular weight is 714 g/mol. The molecule has 2 aliphatic heterocycles. The number of imide groups is 1. The number of amides is 3. The van der Waals surface area contributed by atoms with E-state index in [1.54, 1.807) is 0 Å². The number of carbonyl (C=O) groups is 3. The van der Waals surface area contributed by atoms with E-state index < -0.39 is 11.9 Å². The lowest BCUT2D eigenvalue weighted by Crippen LogP contribution is -2.52. The minimum atomic E-state index is -0.720. The molecule has 3 fully saturated rings. The molecule has 2 saturated carbocycles. The first-order valence-corrected chi connectivity index (χ1v) is 18.8. The largest absolute Gasteiger partial charge is 0.361 e. The number of hydrogen-bond donors (Lipinski definition) is 1. The first-order chi connectivity index (χ1) is 25.5. The molecule has 1 N–H and O–H groups in total. The fourth-order valence-electron chi connectivity index (χ4n) is 8.81. The van der Waals surface area contributed by atoms with Crippen LogP contribution in [0.5, 0.6) is 0 Å². The van der Waals surface area contributed by atoms with E-state index in [9.17, 15) is 14.4 Å². The molecule has 3 aromatic carbocycles. The van der Waals surface area contributed by atoms with Gasteiger partial charge in [-0.1, -0.05) is 23.4 Å². The number of nitrogens with zero attached hydrogens (tertiary/aromatic N) is 4. The van der Waals surface area contributed by atoms with E-state index >= 15 is 4.39 Å². The lowest BCUT2D eigenvalue weighted by Gasteiger charge is -2.35. The molecule has 9 nitrogen and oxygen atoms in total. The summed E-state index contributed by atoms with van der Waals surface area (Å²) in [5.41, 5.74) is 8.72. The third kappa shape index (κ3) is 6.51. The zero-order chi connectivity index (χ0) is 37.0. The summed E-state index contributed by atoms with van der Waals surface area (Å²) >= 11 is 0. The van der Waals surface area contributed by atoms with Crippen molar-refractivity contribution in [2.75, 3.05) is 11.4 Å². The highest BCUT2D eigenvalue weighted by molar-refractivity contribution is 6.05. The predicted molar refractivity (Wildman–Crippen MR) is 199 cm³/mol. The minimum absolute atomic E-state index is 0.182. The summed E-state index contributed by atoms with van der Waals surface area (Å²) < 4.78 is 21.0. The summed E-state index contributed by atoms with van der Waals surface area (Å²) in [6.45, 7) is 14.9. The molecule has 1 saturated heterocycles. The third-order valence-electron chi connectivity index (χ3n) is 12.1. The Balaban J connectivity index is 0.985. The van der Waals surface area contributed by atoms with Gasteiger partial charge in [0.15, 0.2) is 0 Å². The van der Waals surface area contributed by atoms with Crippen LogP contribution in [-0.2, 0) is 28.1 Å². The number of aromatic nitrogens is 1. The Morgan fingerprint density at radius 1 is 0.981 bits per heavy atom. The maximum atomic E-state index is 15.5. The van der Waals surface area contributed by atoms with Crippen LogP contribution in [0, 0.1) is 45.0 Å². The fraction of sp³-hybridized carbons (Fsp3) is 0.419. The quantitative estimate of drug-likeness (QED) is 0.139. The van der Waals surface area contributed by atoms with Crippen molar-refractivity contribution in [3.8, 4) is 11.1 Å². The summed E-state index contributed by atoms with van der Waals surface area (Å²) in [6, 6.07) is 17.6. The zero-order valence-corrected chi connectivity index (χ0v) is 30.5. The number of rotatable bonds is 9. The normalized spacial score (nSPS) is 22.0. The van der Waals surface area contributed by atoms with Gasteiger partial charge in [0.05, 0.1) is 5.69 Å². The van der Waals surface area contributed by atoms with E-state index in [4.69, 9.17) is 11.1 Å². The molecular weight excluding hydrogens is 670 g/mol. The molecule has 1 unspecified atom stereocenters. The second-order valence-electron chi connectivity index (χ2n) is 15.6. The second-order valence-corrected chi connectivity index (χ2v) is 15.6. The molecule has 2 aliphatic carbocycles. The van der Waals surface area contributed by atoms with E-state index in [-0.39, 0.29) is 42.6 Å². The van der Waals surface area contributed by atoms with E-state index in [1.165, 1.54) is 16.5 Å². The summed E-state index contributed by atoms with van der Waals surface area (Å²) in [5, 5.41) is 6.53. The van der Waals surface area contributed by atoms with Gasteiger partial charge in [0.1, 0.15) is 17.6 Å². The lowest BCUT2D eigenvalue weighted by atomic mass is 9.78. The molecule has 8 rings (SSSR count). The molecule has 272 valence electrons. The van der Waals surface area contributed by atoms with Crippen LogP contribution in [0.4, 0.5) is 15.8 Å². The Hall–Kier alpha value is -5.30. The standard InChI is InChI=1S/C43H44FN5O4/c1-25-5-10-30(40-26(2)47-53-27(40)3)21-38(25)48(34-13-11-33(12-14-34)43(45-4)17-18-43)23-29-8-6-28(7-9-29)19-31-20-32-24-49(42(52)35(32)22-36(31)44)37-15-16-39(50)46-41(37)51/h5,10-14,20-22,28-29,37H,6-9,15-19,23-24H2,1-3H3,(H,46,50,51). The Morgan fingerprint density at radius 3 is 2.38 bits per heavy atom. The Bertz CT molecular complexity index is 2140. The number of halogens is 1. The van der Waals surface area contributed by atoms with Crippen molar-refractivity contribution in [1.82, 2.24) is 15.4 Å². The van der Waals surface area contributed by atoms with Gasteiger partial charge in [0, 0.05) is 60.4 Å². The SMILES string of the molecule is [C-]#[N+]C1(c2ccc(N(CC3CCC(Cc4cc5c(cc4F)C(=O)N(C4CCC(=O)NC4=O)C5)CC3)c3cc(-c4c(C)noc4C)ccc3C)cc2)CC1. The highest BCUT2D eigenvalue weighted by Gasteiger charge is 2.52. The number of aryl methyl sites for hydroxylation is 3. The van der Waals surface area contributed by atoms with Gasteiger partial charge in [-0.25, -0.2) is 11.0 Å². The van der Waals surface area contributed by atoms with Crippen LogP contribution >= 0.6 is 0 Å².